The van der Waals surface area contributed by atoms with E-state index in [2.05, 4.69) is 48.4 Å². The van der Waals surface area contributed by atoms with Crippen LogP contribution in [0.1, 0.15) is 16.8 Å². The van der Waals surface area contributed by atoms with Crippen LogP contribution in [0.5, 0.6) is 0 Å². The van der Waals surface area contributed by atoms with Gasteiger partial charge in [0.1, 0.15) is 0 Å². The monoisotopic (exact) mass is 214 g/mol. The summed E-state index contributed by atoms with van der Waals surface area (Å²) in [5.41, 5.74) is 4.89. The third kappa shape index (κ3) is 2.22. The lowest BCUT2D eigenvalue weighted by Gasteiger charge is -2.07. The van der Waals surface area contributed by atoms with Crippen molar-refractivity contribution in [3.63, 3.8) is 0 Å². The second kappa shape index (κ2) is 4.62. The first kappa shape index (κ1) is 11.1. The van der Waals surface area contributed by atoms with Crippen molar-refractivity contribution in [2.45, 2.75) is 20.3 Å². The lowest BCUT2D eigenvalue weighted by atomic mass is 10.1. The largest absolute Gasteiger partial charge is 0.319 e. The van der Waals surface area contributed by atoms with Crippen LogP contribution < -0.4 is 5.32 Å². The van der Waals surface area contributed by atoms with Crippen LogP contribution in [0.15, 0.2) is 24.3 Å². The van der Waals surface area contributed by atoms with Crippen LogP contribution in [0.2, 0.25) is 0 Å². The molecule has 84 valence electrons. The molecular weight excluding hydrogens is 196 g/mol. The third-order valence-corrected chi connectivity index (χ3v) is 2.86. The Morgan fingerprint density at radius 2 is 2.00 bits per heavy atom. The maximum atomic E-state index is 4.67. The highest BCUT2D eigenvalue weighted by Crippen LogP contribution is 2.19. The fraction of sp³-hybridized carbons (Fsp3) is 0.357. The Morgan fingerprint density at radius 3 is 2.75 bits per heavy atom. The number of rotatable bonds is 3. The lowest BCUT2D eigenvalue weighted by molar-refractivity contribution is 0.778. The molecule has 1 aromatic heterocycles. The Bertz CT molecular complexity index is 503. The van der Waals surface area contributed by atoms with Gasteiger partial charge in [0.15, 0.2) is 0 Å². The molecule has 0 bridgehead atoms. The van der Waals surface area contributed by atoms with Crippen LogP contribution in [0.4, 0.5) is 0 Å². The van der Waals surface area contributed by atoms with Crippen molar-refractivity contribution in [1.82, 2.24) is 10.3 Å². The van der Waals surface area contributed by atoms with Gasteiger partial charge in [-0.1, -0.05) is 11.6 Å². The SMILES string of the molecule is CNCCc1cc(C)c2cc(C)ccc2n1. The minimum absolute atomic E-state index is 0.976. The van der Waals surface area contributed by atoms with Crippen molar-refractivity contribution in [2.75, 3.05) is 13.6 Å². The van der Waals surface area contributed by atoms with E-state index in [0.29, 0.717) is 0 Å². The summed E-state index contributed by atoms with van der Waals surface area (Å²) in [5, 5.41) is 4.42. The molecule has 0 aliphatic heterocycles. The predicted molar refractivity (Wildman–Crippen MR) is 68.8 cm³/mol. The van der Waals surface area contributed by atoms with E-state index in [4.69, 9.17) is 0 Å². The smallest absolute Gasteiger partial charge is 0.0708 e. The van der Waals surface area contributed by atoms with E-state index in [1.165, 1.54) is 22.2 Å². The van der Waals surface area contributed by atoms with Crippen LogP contribution >= 0.6 is 0 Å². The Labute approximate surface area is 96.7 Å². The van der Waals surface area contributed by atoms with Crippen molar-refractivity contribution in [2.24, 2.45) is 0 Å². The van der Waals surface area contributed by atoms with Gasteiger partial charge < -0.3 is 5.32 Å². The Morgan fingerprint density at radius 1 is 1.19 bits per heavy atom. The molecule has 2 heteroatoms. The van der Waals surface area contributed by atoms with Gasteiger partial charge in [-0.3, -0.25) is 4.98 Å². The number of nitrogens with one attached hydrogen (secondary N) is 1. The minimum atomic E-state index is 0.976. The number of fused-ring (bicyclic) bond motifs is 1. The van der Waals surface area contributed by atoms with E-state index in [9.17, 15) is 0 Å². The van der Waals surface area contributed by atoms with Gasteiger partial charge >= 0.3 is 0 Å². The Hall–Kier alpha value is -1.41. The van der Waals surface area contributed by atoms with Gasteiger partial charge in [-0.15, -0.1) is 0 Å². The average molecular weight is 214 g/mol. The van der Waals surface area contributed by atoms with Crippen molar-refractivity contribution in [3.05, 3.63) is 41.1 Å². The van der Waals surface area contributed by atoms with Gasteiger partial charge in [0.25, 0.3) is 0 Å². The number of aryl methyl sites for hydroxylation is 2. The summed E-state index contributed by atoms with van der Waals surface area (Å²) in [6.07, 6.45) is 0.987. The van der Waals surface area contributed by atoms with Gasteiger partial charge in [0.05, 0.1) is 5.52 Å². The summed E-state index contributed by atoms with van der Waals surface area (Å²) in [5.74, 6) is 0. The molecule has 16 heavy (non-hydrogen) atoms. The second-order valence-electron chi connectivity index (χ2n) is 4.30. The molecule has 2 nitrogen and oxygen atoms in total. The first-order valence-corrected chi connectivity index (χ1v) is 5.72. The standard InChI is InChI=1S/C14H18N2/c1-10-4-5-14-13(8-10)11(2)9-12(16-14)6-7-15-3/h4-5,8-9,15H,6-7H2,1-3H3. The molecule has 2 aromatic rings. The maximum absolute atomic E-state index is 4.67. The fourth-order valence-electron chi connectivity index (χ4n) is 1.96. The number of hydrogen-bond donors (Lipinski definition) is 1. The van der Waals surface area contributed by atoms with E-state index in [0.717, 1.165) is 18.5 Å². The summed E-state index contributed by atoms with van der Waals surface area (Å²) in [7, 11) is 1.97. The molecular formula is C14H18N2. The van der Waals surface area contributed by atoms with Crippen molar-refractivity contribution >= 4 is 10.9 Å². The summed E-state index contributed by atoms with van der Waals surface area (Å²) < 4.78 is 0. The van der Waals surface area contributed by atoms with E-state index in [-0.39, 0.29) is 0 Å². The van der Waals surface area contributed by atoms with Crippen LogP contribution in [-0.4, -0.2) is 18.6 Å². The zero-order valence-electron chi connectivity index (χ0n) is 10.2. The number of nitrogens with zero attached hydrogens (tertiary/aromatic N) is 1. The molecule has 2 rings (SSSR count). The molecule has 0 radical (unpaired) electrons. The van der Waals surface area contributed by atoms with Gasteiger partial charge in [0.2, 0.25) is 0 Å². The van der Waals surface area contributed by atoms with Gasteiger partial charge in [-0.2, -0.15) is 0 Å². The van der Waals surface area contributed by atoms with Gasteiger partial charge in [0, 0.05) is 24.0 Å². The lowest BCUT2D eigenvalue weighted by Crippen LogP contribution is -2.11. The van der Waals surface area contributed by atoms with Crippen molar-refractivity contribution in [1.29, 1.82) is 0 Å². The molecule has 1 aromatic carbocycles. The average Bonchev–Trinajstić information content (AvgIpc) is 2.27. The molecule has 0 spiro atoms. The summed E-state index contributed by atoms with van der Waals surface area (Å²) in [6, 6.07) is 8.63. The molecule has 0 aliphatic rings. The summed E-state index contributed by atoms with van der Waals surface area (Å²) in [4.78, 5) is 4.67. The molecule has 1 heterocycles. The molecule has 0 atom stereocenters. The maximum Gasteiger partial charge on any atom is 0.0708 e. The molecule has 0 saturated heterocycles. The first-order chi connectivity index (χ1) is 7.70. The van der Waals surface area contributed by atoms with Crippen LogP contribution in [0.3, 0.4) is 0 Å². The quantitative estimate of drug-likeness (QED) is 0.849. The molecule has 0 saturated carbocycles. The second-order valence-corrected chi connectivity index (χ2v) is 4.30. The zero-order chi connectivity index (χ0) is 11.5. The normalized spacial score (nSPS) is 10.9. The Kier molecular flexibility index (Phi) is 3.20. The van der Waals surface area contributed by atoms with E-state index in [1.807, 2.05) is 7.05 Å². The number of benzene rings is 1. The highest BCUT2D eigenvalue weighted by atomic mass is 14.8. The summed E-state index contributed by atoms with van der Waals surface area (Å²) in [6.45, 7) is 5.25. The summed E-state index contributed by atoms with van der Waals surface area (Å²) >= 11 is 0. The Balaban J connectivity index is 2.46. The molecule has 0 aliphatic carbocycles. The number of hydrogen-bond acceptors (Lipinski definition) is 2. The van der Waals surface area contributed by atoms with Crippen LogP contribution in [0, 0.1) is 13.8 Å². The topological polar surface area (TPSA) is 24.9 Å². The molecule has 0 fully saturated rings. The first-order valence-electron chi connectivity index (χ1n) is 5.72. The predicted octanol–water partition coefficient (Wildman–Crippen LogP) is 2.61. The highest BCUT2D eigenvalue weighted by Gasteiger charge is 2.02. The molecule has 0 unspecified atom stereocenters. The van der Waals surface area contributed by atoms with Gasteiger partial charge in [-0.05, 0) is 44.7 Å². The van der Waals surface area contributed by atoms with Gasteiger partial charge in [-0.25, -0.2) is 0 Å². The molecule has 1 N–H and O–H groups in total. The van der Waals surface area contributed by atoms with E-state index < -0.39 is 0 Å². The molecule has 0 amide bonds. The number of pyridine rings is 1. The van der Waals surface area contributed by atoms with Crippen molar-refractivity contribution in [3.8, 4) is 0 Å². The van der Waals surface area contributed by atoms with Crippen LogP contribution in [0.25, 0.3) is 10.9 Å². The number of aromatic nitrogens is 1. The number of likely N-dealkylation sites (N-methyl/N-ethyl adjacent to an activating group) is 1. The van der Waals surface area contributed by atoms with E-state index >= 15 is 0 Å². The highest BCUT2D eigenvalue weighted by molar-refractivity contribution is 5.82. The van der Waals surface area contributed by atoms with E-state index in [1.54, 1.807) is 0 Å². The van der Waals surface area contributed by atoms with Crippen molar-refractivity contribution < 1.29 is 0 Å². The fourth-order valence-corrected chi connectivity index (χ4v) is 1.96. The third-order valence-electron chi connectivity index (χ3n) is 2.86. The van der Waals surface area contributed by atoms with Crippen LogP contribution in [-0.2, 0) is 6.42 Å². The minimum Gasteiger partial charge on any atom is -0.319 e. The zero-order valence-corrected chi connectivity index (χ0v) is 10.2.